The molecule has 1 heterocycles. The van der Waals surface area contributed by atoms with Gasteiger partial charge in [-0.05, 0) is 0 Å². The lowest BCUT2D eigenvalue weighted by molar-refractivity contribution is 0.0697. The molecule has 0 saturated carbocycles. The Bertz CT molecular complexity index is 74.2. The molecule has 1 aliphatic rings. The number of rotatable bonds is 1. The van der Waals surface area contributed by atoms with Crippen molar-refractivity contribution in [1.82, 2.24) is 0 Å². The molecule has 0 spiro atoms. The zero-order valence-electron chi connectivity index (χ0n) is 9.39. The van der Waals surface area contributed by atoms with Crippen molar-refractivity contribution in [3.8, 4) is 0 Å². The lowest BCUT2D eigenvalue weighted by atomic mass is 10.1. The predicted molar refractivity (Wildman–Crippen MR) is 53.5 cm³/mol. The highest BCUT2D eigenvalue weighted by molar-refractivity contribution is 4.70. The molecule has 1 fully saturated rings. The zero-order chi connectivity index (χ0) is 9.98. The van der Waals surface area contributed by atoms with Crippen molar-refractivity contribution in [3.63, 3.8) is 0 Å². The third kappa shape index (κ3) is 5.56. The molecule has 2 nitrogen and oxygen atoms in total. The maximum absolute atomic E-state index is 5.14. The van der Waals surface area contributed by atoms with E-state index in [1.807, 2.05) is 27.7 Å². The van der Waals surface area contributed by atoms with Crippen LogP contribution < -0.4 is 0 Å². The average molecular weight is 176 g/mol. The van der Waals surface area contributed by atoms with Crippen LogP contribution in [0.5, 0.6) is 0 Å². The monoisotopic (exact) mass is 176 g/mol. The minimum atomic E-state index is 0.343. The van der Waals surface area contributed by atoms with Crippen molar-refractivity contribution in [3.05, 3.63) is 0 Å². The Morgan fingerprint density at radius 3 is 1.75 bits per heavy atom. The number of hydrogen-bond acceptors (Lipinski definition) is 2. The molecule has 1 aliphatic heterocycles. The molecule has 0 aliphatic carbocycles. The molecule has 76 valence electrons. The first kappa shape index (κ1) is 14.4. The first-order valence-electron chi connectivity index (χ1n) is 4.95. The number of methoxy groups -OCH3 is 1. The van der Waals surface area contributed by atoms with E-state index in [2.05, 4.69) is 6.92 Å². The highest BCUT2D eigenvalue weighted by Gasteiger charge is 2.22. The molecule has 0 aromatic rings. The Morgan fingerprint density at radius 1 is 1.08 bits per heavy atom. The van der Waals surface area contributed by atoms with Gasteiger partial charge in [0.15, 0.2) is 0 Å². The van der Waals surface area contributed by atoms with E-state index in [0.717, 1.165) is 13.2 Å². The van der Waals surface area contributed by atoms with Gasteiger partial charge in [-0.3, -0.25) is 0 Å². The normalized spacial score (nSPS) is 26.5. The Kier molecular flexibility index (Phi) is 13.1. The van der Waals surface area contributed by atoms with Gasteiger partial charge >= 0.3 is 0 Å². The molecule has 0 N–H and O–H groups in total. The van der Waals surface area contributed by atoms with Crippen LogP contribution in [-0.4, -0.2) is 26.4 Å². The summed E-state index contributed by atoms with van der Waals surface area (Å²) in [6.07, 6.45) is 0.343. The van der Waals surface area contributed by atoms with Crippen molar-refractivity contribution in [2.45, 2.75) is 40.7 Å². The Morgan fingerprint density at radius 2 is 1.58 bits per heavy atom. The Balaban J connectivity index is 0. The van der Waals surface area contributed by atoms with Gasteiger partial charge in [0.05, 0.1) is 19.3 Å². The topological polar surface area (TPSA) is 18.5 Å². The van der Waals surface area contributed by atoms with Gasteiger partial charge in [-0.2, -0.15) is 0 Å². The van der Waals surface area contributed by atoms with E-state index in [4.69, 9.17) is 9.47 Å². The molecule has 1 rings (SSSR count). The van der Waals surface area contributed by atoms with E-state index >= 15 is 0 Å². The fourth-order valence-corrected chi connectivity index (χ4v) is 0.942. The SMILES string of the molecule is CC.CC.COC1COCC1C. The van der Waals surface area contributed by atoms with E-state index < -0.39 is 0 Å². The summed E-state index contributed by atoms with van der Waals surface area (Å²) in [6, 6.07) is 0. The highest BCUT2D eigenvalue weighted by Crippen LogP contribution is 2.14. The summed E-state index contributed by atoms with van der Waals surface area (Å²) in [5.74, 6) is 0.583. The smallest absolute Gasteiger partial charge is 0.0852 e. The van der Waals surface area contributed by atoms with E-state index in [1.165, 1.54) is 0 Å². The highest BCUT2D eigenvalue weighted by atomic mass is 16.5. The first-order chi connectivity index (χ1) is 5.84. The lowest BCUT2D eigenvalue weighted by Crippen LogP contribution is -2.17. The molecule has 0 aromatic carbocycles. The van der Waals surface area contributed by atoms with E-state index in [-0.39, 0.29) is 0 Å². The summed E-state index contributed by atoms with van der Waals surface area (Å²) in [7, 11) is 1.73. The third-order valence-electron chi connectivity index (χ3n) is 1.60. The number of hydrogen-bond donors (Lipinski definition) is 0. The van der Waals surface area contributed by atoms with Crippen molar-refractivity contribution in [2.24, 2.45) is 5.92 Å². The fraction of sp³-hybridized carbons (Fsp3) is 1.00. The maximum Gasteiger partial charge on any atom is 0.0852 e. The lowest BCUT2D eigenvalue weighted by Gasteiger charge is -2.08. The van der Waals surface area contributed by atoms with Gasteiger partial charge in [-0.1, -0.05) is 34.6 Å². The summed E-state index contributed by atoms with van der Waals surface area (Å²) >= 11 is 0. The molecular formula is C10H24O2. The second-order valence-corrected chi connectivity index (χ2v) is 2.29. The van der Waals surface area contributed by atoms with Crippen LogP contribution in [0.15, 0.2) is 0 Å². The van der Waals surface area contributed by atoms with Crippen LogP contribution in [0.3, 0.4) is 0 Å². The van der Waals surface area contributed by atoms with Crippen LogP contribution in [0.25, 0.3) is 0 Å². The second-order valence-electron chi connectivity index (χ2n) is 2.29. The molecule has 0 amide bonds. The van der Waals surface area contributed by atoms with Crippen LogP contribution in [0.4, 0.5) is 0 Å². The van der Waals surface area contributed by atoms with E-state index in [0.29, 0.717) is 12.0 Å². The fourth-order valence-electron chi connectivity index (χ4n) is 0.942. The zero-order valence-corrected chi connectivity index (χ0v) is 9.39. The van der Waals surface area contributed by atoms with Crippen LogP contribution in [0.1, 0.15) is 34.6 Å². The summed E-state index contributed by atoms with van der Waals surface area (Å²) in [5, 5.41) is 0. The van der Waals surface area contributed by atoms with Crippen molar-refractivity contribution < 1.29 is 9.47 Å². The molecule has 2 heteroatoms. The molecule has 0 radical (unpaired) electrons. The average Bonchev–Trinajstić information content (AvgIpc) is 2.58. The molecule has 0 aromatic heterocycles. The van der Waals surface area contributed by atoms with Gasteiger partial charge in [-0.25, -0.2) is 0 Å². The first-order valence-corrected chi connectivity index (χ1v) is 4.95. The Hall–Kier alpha value is -0.0800. The van der Waals surface area contributed by atoms with Gasteiger partial charge in [0.25, 0.3) is 0 Å². The van der Waals surface area contributed by atoms with Gasteiger partial charge in [0, 0.05) is 13.0 Å². The van der Waals surface area contributed by atoms with Gasteiger partial charge in [-0.15, -0.1) is 0 Å². The summed E-state index contributed by atoms with van der Waals surface area (Å²) in [4.78, 5) is 0. The summed E-state index contributed by atoms with van der Waals surface area (Å²) in [5.41, 5.74) is 0. The van der Waals surface area contributed by atoms with Crippen molar-refractivity contribution in [1.29, 1.82) is 0 Å². The maximum atomic E-state index is 5.14. The van der Waals surface area contributed by atoms with Gasteiger partial charge in [0.1, 0.15) is 0 Å². The summed E-state index contributed by atoms with van der Waals surface area (Å²) < 4.78 is 10.2. The molecule has 1 saturated heterocycles. The van der Waals surface area contributed by atoms with E-state index in [1.54, 1.807) is 7.11 Å². The van der Waals surface area contributed by atoms with Gasteiger partial charge in [0.2, 0.25) is 0 Å². The summed E-state index contributed by atoms with van der Waals surface area (Å²) in [6.45, 7) is 11.8. The van der Waals surface area contributed by atoms with Crippen LogP contribution in [0.2, 0.25) is 0 Å². The van der Waals surface area contributed by atoms with Crippen LogP contribution >= 0.6 is 0 Å². The standard InChI is InChI=1S/C6H12O2.2C2H6/c1-5-3-8-4-6(5)7-2;2*1-2/h5-6H,3-4H2,1-2H3;2*1-2H3. The van der Waals surface area contributed by atoms with Crippen LogP contribution in [0, 0.1) is 5.92 Å². The van der Waals surface area contributed by atoms with Crippen LogP contribution in [-0.2, 0) is 9.47 Å². The minimum absolute atomic E-state index is 0.343. The second kappa shape index (κ2) is 10.9. The molecule has 2 unspecified atom stereocenters. The molecule has 2 atom stereocenters. The molecular weight excluding hydrogens is 152 g/mol. The molecule has 0 bridgehead atoms. The minimum Gasteiger partial charge on any atom is -0.379 e. The largest absolute Gasteiger partial charge is 0.379 e. The quantitative estimate of drug-likeness (QED) is 0.611. The molecule has 12 heavy (non-hydrogen) atoms. The Labute approximate surface area is 77.3 Å². The number of ether oxygens (including phenoxy) is 2. The van der Waals surface area contributed by atoms with Crippen molar-refractivity contribution >= 4 is 0 Å². The van der Waals surface area contributed by atoms with Crippen molar-refractivity contribution in [2.75, 3.05) is 20.3 Å². The van der Waals surface area contributed by atoms with E-state index in [9.17, 15) is 0 Å². The third-order valence-corrected chi connectivity index (χ3v) is 1.60. The van der Waals surface area contributed by atoms with Gasteiger partial charge < -0.3 is 9.47 Å². The predicted octanol–water partition coefficient (Wildman–Crippen LogP) is 2.72.